The van der Waals surface area contributed by atoms with Crippen molar-refractivity contribution in [3.63, 3.8) is 0 Å². The molecule has 0 fully saturated rings. The van der Waals surface area contributed by atoms with Crippen LogP contribution in [0.3, 0.4) is 0 Å². The third kappa shape index (κ3) is 3.41. The van der Waals surface area contributed by atoms with Crippen LogP contribution in [-0.2, 0) is 10.3 Å². The average molecular weight is 461 g/mol. The molecule has 3 aliphatic rings. The number of benzene rings is 1. The zero-order valence-corrected chi connectivity index (χ0v) is 18.6. The number of ether oxygens (including phenoxy) is 2. The molecule has 6 rings (SSSR count). The summed E-state index contributed by atoms with van der Waals surface area (Å²) >= 11 is 1.54. The smallest absolute Gasteiger partial charge is 0.220 e. The van der Waals surface area contributed by atoms with Crippen molar-refractivity contribution in [1.82, 2.24) is 9.97 Å². The van der Waals surface area contributed by atoms with E-state index in [0.29, 0.717) is 28.8 Å². The number of nitrogens with two attached hydrogens (primary N) is 1. The van der Waals surface area contributed by atoms with E-state index in [1.54, 1.807) is 30.1 Å². The summed E-state index contributed by atoms with van der Waals surface area (Å²) in [5.74, 6) is 1.63. The van der Waals surface area contributed by atoms with Crippen molar-refractivity contribution in [2.75, 3.05) is 19.0 Å². The molecule has 3 aromatic rings. The Morgan fingerprint density at radius 1 is 1.09 bits per heavy atom. The molecule has 3 aliphatic heterocycles. The summed E-state index contributed by atoms with van der Waals surface area (Å²) in [6.45, 7) is 1.25. The highest BCUT2D eigenvalue weighted by Crippen LogP contribution is 2.53. The SMILES string of the molecule is NC1=N[C@@]2(CCS1)c1cc(-c3cccnc3F)ccc1Oc1cnc(C3=CCCOC3)cc12. The Labute approximate surface area is 194 Å². The Kier molecular flexibility index (Phi) is 4.92. The van der Waals surface area contributed by atoms with Crippen LogP contribution in [0.15, 0.2) is 59.9 Å². The summed E-state index contributed by atoms with van der Waals surface area (Å²) in [7, 11) is 0. The predicted molar refractivity (Wildman–Crippen MR) is 127 cm³/mol. The van der Waals surface area contributed by atoms with Crippen LogP contribution < -0.4 is 10.5 Å². The minimum atomic E-state index is -0.735. The topological polar surface area (TPSA) is 82.6 Å². The Morgan fingerprint density at radius 3 is 2.82 bits per heavy atom. The van der Waals surface area contributed by atoms with Crippen LogP contribution in [0.1, 0.15) is 29.7 Å². The largest absolute Gasteiger partial charge is 0.455 e. The number of aliphatic imine (C=N–C) groups is 1. The van der Waals surface area contributed by atoms with Crippen molar-refractivity contribution in [3.05, 3.63) is 77.6 Å². The molecule has 2 aromatic heterocycles. The van der Waals surface area contributed by atoms with E-state index >= 15 is 0 Å². The number of halogens is 1. The Bertz CT molecular complexity index is 1330. The standard InChI is InChI=1S/C25H21FN4O2S/c26-23-17(4-1-8-28-23)15-5-6-21-18(11-15)25(7-10-33-24(27)30-25)19-12-20(29-13-22(19)32-21)16-3-2-9-31-14-16/h1,3-6,8,11-13H,2,7,9-10,14H2,(H2,27,30)/t25-/m0/s1. The van der Waals surface area contributed by atoms with Crippen LogP contribution >= 0.6 is 11.8 Å². The lowest BCUT2D eigenvalue weighted by Crippen LogP contribution is -2.35. The van der Waals surface area contributed by atoms with Crippen molar-refractivity contribution in [3.8, 4) is 22.6 Å². The molecule has 1 spiro atoms. The first-order valence-corrected chi connectivity index (χ1v) is 11.8. The lowest BCUT2D eigenvalue weighted by Gasteiger charge is -2.39. The van der Waals surface area contributed by atoms with Crippen molar-refractivity contribution >= 4 is 22.5 Å². The van der Waals surface area contributed by atoms with E-state index in [-0.39, 0.29) is 0 Å². The fraction of sp³-hybridized carbons (Fsp3) is 0.240. The molecule has 0 aliphatic carbocycles. The molecule has 0 bridgehead atoms. The molecule has 0 radical (unpaired) electrons. The van der Waals surface area contributed by atoms with E-state index in [4.69, 9.17) is 20.2 Å². The molecule has 0 saturated heterocycles. The van der Waals surface area contributed by atoms with Gasteiger partial charge in [-0.3, -0.25) is 4.98 Å². The van der Waals surface area contributed by atoms with Crippen LogP contribution in [0.2, 0.25) is 0 Å². The highest BCUT2D eigenvalue weighted by atomic mass is 32.2. The van der Waals surface area contributed by atoms with Crippen LogP contribution in [0.4, 0.5) is 4.39 Å². The molecular formula is C25H21FN4O2S. The van der Waals surface area contributed by atoms with Gasteiger partial charge >= 0.3 is 0 Å². The van der Waals surface area contributed by atoms with Crippen LogP contribution in [0, 0.1) is 5.95 Å². The van der Waals surface area contributed by atoms with Crippen molar-refractivity contribution in [2.24, 2.45) is 10.7 Å². The molecular weight excluding hydrogens is 439 g/mol. The molecule has 166 valence electrons. The maximum Gasteiger partial charge on any atom is 0.220 e. The molecule has 0 amide bonds. The number of pyridine rings is 2. The van der Waals surface area contributed by atoms with Gasteiger partial charge in [0.1, 0.15) is 11.3 Å². The van der Waals surface area contributed by atoms with E-state index in [9.17, 15) is 4.39 Å². The van der Waals surface area contributed by atoms with Gasteiger partial charge < -0.3 is 15.2 Å². The van der Waals surface area contributed by atoms with Gasteiger partial charge in [-0.05, 0) is 54.3 Å². The molecule has 2 N–H and O–H groups in total. The number of rotatable bonds is 2. The van der Waals surface area contributed by atoms with Crippen LogP contribution in [-0.4, -0.2) is 34.1 Å². The fourth-order valence-electron chi connectivity index (χ4n) is 4.70. The van der Waals surface area contributed by atoms with E-state index in [1.807, 2.05) is 24.3 Å². The second kappa shape index (κ2) is 7.97. The number of nitrogens with zero attached hydrogens (tertiary/aromatic N) is 3. The quantitative estimate of drug-likeness (QED) is 0.549. The van der Waals surface area contributed by atoms with Gasteiger partial charge in [-0.2, -0.15) is 4.39 Å². The molecule has 6 nitrogen and oxygen atoms in total. The minimum absolute atomic E-state index is 0.434. The van der Waals surface area contributed by atoms with Crippen molar-refractivity contribution in [2.45, 2.75) is 18.4 Å². The molecule has 8 heteroatoms. The first kappa shape index (κ1) is 20.4. The molecule has 1 aromatic carbocycles. The maximum atomic E-state index is 14.5. The van der Waals surface area contributed by atoms with E-state index in [2.05, 4.69) is 16.0 Å². The Balaban J connectivity index is 1.56. The predicted octanol–water partition coefficient (Wildman–Crippen LogP) is 4.89. The number of fused-ring (bicyclic) bond motifs is 4. The van der Waals surface area contributed by atoms with Gasteiger partial charge in [-0.15, -0.1) is 0 Å². The minimum Gasteiger partial charge on any atom is -0.455 e. The van der Waals surface area contributed by atoms with Crippen molar-refractivity contribution < 1.29 is 13.9 Å². The second-order valence-corrected chi connectivity index (χ2v) is 9.32. The summed E-state index contributed by atoms with van der Waals surface area (Å²) in [4.78, 5) is 13.4. The second-order valence-electron chi connectivity index (χ2n) is 8.20. The summed E-state index contributed by atoms with van der Waals surface area (Å²) in [6.07, 6.45) is 6.97. The number of thioether (sulfide) groups is 1. The number of amidine groups is 1. The van der Waals surface area contributed by atoms with Gasteiger partial charge in [-0.1, -0.05) is 23.9 Å². The first-order chi connectivity index (χ1) is 16.1. The highest BCUT2D eigenvalue weighted by molar-refractivity contribution is 8.13. The third-order valence-corrected chi connectivity index (χ3v) is 7.08. The van der Waals surface area contributed by atoms with E-state index in [1.165, 1.54) is 6.20 Å². The number of hydrogen-bond donors (Lipinski definition) is 1. The number of aromatic nitrogens is 2. The van der Waals surface area contributed by atoms with Gasteiger partial charge in [0.05, 0.1) is 25.1 Å². The summed E-state index contributed by atoms with van der Waals surface area (Å²) in [5, 5.41) is 0.525. The summed E-state index contributed by atoms with van der Waals surface area (Å²) < 4.78 is 26.4. The average Bonchev–Trinajstić information content (AvgIpc) is 2.85. The highest BCUT2D eigenvalue weighted by Gasteiger charge is 2.44. The van der Waals surface area contributed by atoms with Gasteiger partial charge in [0.2, 0.25) is 5.95 Å². The van der Waals surface area contributed by atoms with E-state index < -0.39 is 11.5 Å². The van der Waals surface area contributed by atoms with Crippen molar-refractivity contribution in [1.29, 1.82) is 0 Å². The first-order valence-electron chi connectivity index (χ1n) is 10.8. The summed E-state index contributed by atoms with van der Waals surface area (Å²) in [5.41, 5.74) is 10.4. The van der Waals surface area contributed by atoms with E-state index in [0.717, 1.165) is 53.2 Å². The van der Waals surface area contributed by atoms with Gasteiger partial charge in [0.15, 0.2) is 10.9 Å². The van der Waals surface area contributed by atoms with Crippen LogP contribution in [0.5, 0.6) is 11.5 Å². The Hall–Kier alpha value is -3.23. The normalized spacial score (nSPS) is 21.5. The molecule has 0 saturated carbocycles. The summed E-state index contributed by atoms with van der Waals surface area (Å²) in [6, 6.07) is 11.1. The van der Waals surface area contributed by atoms with Gasteiger partial charge in [0, 0.05) is 28.6 Å². The molecule has 1 atom stereocenters. The molecule has 33 heavy (non-hydrogen) atoms. The lowest BCUT2D eigenvalue weighted by molar-refractivity contribution is 0.164. The maximum absolute atomic E-state index is 14.5. The Morgan fingerprint density at radius 2 is 2.00 bits per heavy atom. The third-order valence-electron chi connectivity index (χ3n) is 6.28. The van der Waals surface area contributed by atoms with Gasteiger partial charge in [-0.25, -0.2) is 9.98 Å². The zero-order valence-electron chi connectivity index (χ0n) is 17.8. The monoisotopic (exact) mass is 460 g/mol. The molecule has 0 unspecified atom stereocenters. The molecule has 5 heterocycles. The van der Waals surface area contributed by atoms with Gasteiger partial charge in [0.25, 0.3) is 0 Å². The fourth-order valence-corrected chi connectivity index (χ4v) is 5.53. The lowest BCUT2D eigenvalue weighted by atomic mass is 9.77. The zero-order chi connectivity index (χ0) is 22.4. The number of hydrogen-bond acceptors (Lipinski definition) is 7. The van der Waals surface area contributed by atoms with Crippen LogP contribution in [0.25, 0.3) is 16.7 Å².